The lowest BCUT2D eigenvalue weighted by Crippen LogP contribution is -2.42. The van der Waals surface area contributed by atoms with Gasteiger partial charge in [-0.25, -0.2) is 0 Å². The number of aliphatic hydroxyl groups is 1. The number of rotatable bonds is 5. The van der Waals surface area contributed by atoms with Gasteiger partial charge in [-0.3, -0.25) is 4.79 Å². The summed E-state index contributed by atoms with van der Waals surface area (Å²) in [5, 5.41) is 9.43. The number of amides is 1. The number of hydrogen-bond acceptors (Lipinski definition) is 4. The summed E-state index contributed by atoms with van der Waals surface area (Å²) in [7, 11) is 0. The summed E-state index contributed by atoms with van der Waals surface area (Å²) in [6.45, 7) is 1.30. The zero-order valence-corrected chi connectivity index (χ0v) is 12.4. The lowest BCUT2D eigenvalue weighted by Gasteiger charge is -2.30. The minimum atomic E-state index is -0.249. The average Bonchev–Trinajstić information content (AvgIpc) is 2.47. The number of nitrogens with two attached hydrogens (primary N) is 1. The standard InChI is InChI=1S/C15H22N2O2S/c16-12(11-20-14-4-2-1-3-5-14)10-15(19)17-8-6-13(18)7-9-17/h1-5,12-13,18H,6-11,16H2/t12-/m1/s1. The molecule has 0 radical (unpaired) electrons. The highest BCUT2D eigenvalue weighted by Crippen LogP contribution is 2.19. The van der Waals surface area contributed by atoms with Gasteiger partial charge in [-0.1, -0.05) is 18.2 Å². The van der Waals surface area contributed by atoms with Crippen molar-refractivity contribution in [1.82, 2.24) is 4.90 Å². The summed E-state index contributed by atoms with van der Waals surface area (Å²) in [6, 6.07) is 9.95. The number of thioether (sulfide) groups is 1. The van der Waals surface area contributed by atoms with Crippen LogP contribution < -0.4 is 5.73 Å². The first-order chi connectivity index (χ1) is 9.65. The summed E-state index contributed by atoms with van der Waals surface area (Å²) >= 11 is 1.68. The maximum atomic E-state index is 12.1. The fraction of sp³-hybridized carbons (Fsp3) is 0.533. The number of carbonyl (C=O) groups is 1. The van der Waals surface area contributed by atoms with Crippen LogP contribution in [0.25, 0.3) is 0 Å². The van der Waals surface area contributed by atoms with Crippen molar-refractivity contribution in [3.63, 3.8) is 0 Å². The highest BCUT2D eigenvalue weighted by Gasteiger charge is 2.22. The van der Waals surface area contributed by atoms with Gasteiger partial charge in [0.15, 0.2) is 0 Å². The predicted molar refractivity (Wildman–Crippen MR) is 81.6 cm³/mol. The lowest BCUT2D eigenvalue weighted by atomic mass is 10.1. The van der Waals surface area contributed by atoms with E-state index in [2.05, 4.69) is 0 Å². The second kappa shape index (κ2) is 7.67. The molecule has 1 aromatic carbocycles. The van der Waals surface area contributed by atoms with Gasteiger partial charge in [-0.2, -0.15) is 0 Å². The van der Waals surface area contributed by atoms with Crippen molar-refractivity contribution in [2.24, 2.45) is 5.73 Å². The summed E-state index contributed by atoms with van der Waals surface area (Å²) in [5.74, 6) is 0.852. The quantitative estimate of drug-likeness (QED) is 0.807. The number of benzene rings is 1. The number of nitrogens with zero attached hydrogens (tertiary/aromatic N) is 1. The molecule has 1 aromatic rings. The molecule has 0 saturated carbocycles. The van der Waals surface area contributed by atoms with Crippen molar-refractivity contribution in [1.29, 1.82) is 0 Å². The van der Waals surface area contributed by atoms with Gasteiger partial charge in [0.1, 0.15) is 0 Å². The monoisotopic (exact) mass is 294 g/mol. The molecule has 0 aromatic heterocycles. The van der Waals surface area contributed by atoms with Crippen LogP contribution in [0.3, 0.4) is 0 Å². The molecule has 20 heavy (non-hydrogen) atoms. The molecule has 0 aliphatic carbocycles. The Labute approximate surface area is 124 Å². The zero-order chi connectivity index (χ0) is 14.4. The first-order valence-corrected chi connectivity index (χ1v) is 8.03. The molecular weight excluding hydrogens is 272 g/mol. The highest BCUT2D eigenvalue weighted by atomic mass is 32.2. The van der Waals surface area contributed by atoms with E-state index in [1.54, 1.807) is 11.8 Å². The van der Waals surface area contributed by atoms with Crippen LogP contribution >= 0.6 is 11.8 Å². The Morgan fingerprint density at radius 2 is 2.00 bits per heavy atom. The lowest BCUT2D eigenvalue weighted by molar-refractivity contribution is -0.133. The van der Waals surface area contributed by atoms with E-state index in [0.717, 1.165) is 5.75 Å². The number of piperidine rings is 1. The molecule has 1 atom stereocenters. The Morgan fingerprint density at radius 1 is 1.35 bits per heavy atom. The first kappa shape index (κ1) is 15.4. The molecule has 1 aliphatic heterocycles. The molecule has 1 saturated heterocycles. The maximum Gasteiger partial charge on any atom is 0.224 e. The van der Waals surface area contributed by atoms with Crippen LogP contribution in [-0.4, -0.2) is 46.9 Å². The van der Waals surface area contributed by atoms with E-state index in [0.29, 0.717) is 32.4 Å². The molecule has 1 fully saturated rings. The van der Waals surface area contributed by atoms with Crippen molar-refractivity contribution in [3.05, 3.63) is 30.3 Å². The van der Waals surface area contributed by atoms with E-state index in [9.17, 15) is 9.90 Å². The van der Waals surface area contributed by atoms with E-state index < -0.39 is 0 Å². The molecular formula is C15H22N2O2S. The van der Waals surface area contributed by atoms with Crippen LogP contribution in [0.15, 0.2) is 35.2 Å². The molecule has 2 rings (SSSR count). The van der Waals surface area contributed by atoms with Gasteiger partial charge in [-0.15, -0.1) is 11.8 Å². The third kappa shape index (κ3) is 4.81. The van der Waals surface area contributed by atoms with Gasteiger partial charge in [-0.05, 0) is 25.0 Å². The summed E-state index contributed by atoms with van der Waals surface area (Å²) in [5.41, 5.74) is 6.04. The number of hydrogen-bond donors (Lipinski definition) is 2. The smallest absolute Gasteiger partial charge is 0.224 e. The number of carbonyl (C=O) groups excluding carboxylic acids is 1. The molecule has 1 heterocycles. The molecule has 110 valence electrons. The van der Waals surface area contributed by atoms with Crippen molar-refractivity contribution in [2.45, 2.75) is 36.3 Å². The van der Waals surface area contributed by atoms with Crippen molar-refractivity contribution in [3.8, 4) is 0 Å². The van der Waals surface area contributed by atoms with Crippen LogP contribution in [0.4, 0.5) is 0 Å². The Morgan fingerprint density at radius 3 is 2.65 bits per heavy atom. The van der Waals surface area contributed by atoms with Crippen LogP contribution in [0, 0.1) is 0 Å². The molecule has 1 aliphatic rings. The molecule has 0 spiro atoms. The van der Waals surface area contributed by atoms with Gasteiger partial charge >= 0.3 is 0 Å². The summed E-state index contributed by atoms with van der Waals surface area (Å²) in [6.07, 6.45) is 1.50. The summed E-state index contributed by atoms with van der Waals surface area (Å²) in [4.78, 5) is 15.1. The Balaban J connectivity index is 1.71. The normalized spacial score (nSPS) is 18.0. The fourth-order valence-electron chi connectivity index (χ4n) is 2.25. The van der Waals surface area contributed by atoms with Crippen molar-refractivity contribution in [2.75, 3.05) is 18.8 Å². The second-order valence-electron chi connectivity index (χ2n) is 5.20. The van der Waals surface area contributed by atoms with Gasteiger partial charge in [0.25, 0.3) is 0 Å². The SMILES string of the molecule is N[C@@H](CSc1ccccc1)CC(=O)N1CCC(O)CC1. The van der Waals surface area contributed by atoms with Gasteiger partial charge in [0.05, 0.1) is 6.10 Å². The third-order valence-electron chi connectivity index (χ3n) is 3.46. The topological polar surface area (TPSA) is 66.6 Å². The van der Waals surface area contributed by atoms with Crippen molar-refractivity contribution >= 4 is 17.7 Å². The predicted octanol–water partition coefficient (Wildman–Crippen LogP) is 1.48. The maximum absolute atomic E-state index is 12.1. The molecule has 0 bridgehead atoms. The molecule has 1 amide bonds. The molecule has 4 nitrogen and oxygen atoms in total. The number of aliphatic hydroxyl groups excluding tert-OH is 1. The highest BCUT2D eigenvalue weighted by molar-refractivity contribution is 7.99. The second-order valence-corrected chi connectivity index (χ2v) is 6.29. The minimum absolute atomic E-state index is 0.109. The van der Waals surface area contributed by atoms with E-state index in [1.807, 2.05) is 35.2 Å². The van der Waals surface area contributed by atoms with E-state index in [-0.39, 0.29) is 18.1 Å². The van der Waals surface area contributed by atoms with Crippen molar-refractivity contribution < 1.29 is 9.90 Å². The van der Waals surface area contributed by atoms with E-state index >= 15 is 0 Å². The van der Waals surface area contributed by atoms with Crippen LogP contribution in [-0.2, 0) is 4.79 Å². The summed E-state index contributed by atoms with van der Waals surface area (Å²) < 4.78 is 0. The molecule has 3 N–H and O–H groups in total. The molecule has 0 unspecified atom stereocenters. The van der Waals surface area contributed by atoms with Crippen LogP contribution in [0.2, 0.25) is 0 Å². The third-order valence-corrected chi connectivity index (χ3v) is 4.66. The first-order valence-electron chi connectivity index (χ1n) is 7.04. The zero-order valence-electron chi connectivity index (χ0n) is 11.6. The Hall–Kier alpha value is -1.04. The van der Waals surface area contributed by atoms with Gasteiger partial charge in [0, 0.05) is 36.2 Å². The Bertz CT molecular complexity index is 419. The minimum Gasteiger partial charge on any atom is -0.393 e. The molecule has 5 heteroatoms. The van der Waals surface area contributed by atoms with Crippen LogP contribution in [0.1, 0.15) is 19.3 Å². The van der Waals surface area contributed by atoms with Crippen LogP contribution in [0.5, 0.6) is 0 Å². The number of likely N-dealkylation sites (tertiary alicyclic amines) is 1. The van der Waals surface area contributed by atoms with Gasteiger partial charge < -0.3 is 15.7 Å². The van der Waals surface area contributed by atoms with Gasteiger partial charge in [0.2, 0.25) is 5.91 Å². The fourth-order valence-corrected chi connectivity index (χ4v) is 3.12. The average molecular weight is 294 g/mol. The Kier molecular flexibility index (Phi) is 5.88. The van der Waals surface area contributed by atoms with E-state index in [4.69, 9.17) is 5.73 Å². The van der Waals surface area contributed by atoms with E-state index in [1.165, 1.54) is 4.90 Å². The largest absolute Gasteiger partial charge is 0.393 e.